The van der Waals surface area contributed by atoms with E-state index in [4.69, 9.17) is 4.74 Å². The molecule has 0 unspecified atom stereocenters. The topological polar surface area (TPSA) is 35.1 Å². The maximum Gasteiger partial charge on any atom is 0.344 e. The Morgan fingerprint density at radius 1 is 0.929 bits per heavy atom. The van der Waals surface area contributed by atoms with E-state index in [0.29, 0.717) is 12.2 Å². The molecule has 3 aromatic rings. The number of rotatable bonds is 11. The molecule has 3 rings (SSSR count). The SMILES string of the molecule is C[n+]1cccc(C(=O)OCCCCCCCCCn2ccc3ccccc32)c1. The van der Waals surface area contributed by atoms with Crippen LogP contribution in [0, 0.1) is 0 Å². The van der Waals surface area contributed by atoms with Gasteiger partial charge in [0.05, 0.1) is 6.61 Å². The Hall–Kier alpha value is -2.62. The van der Waals surface area contributed by atoms with Crippen molar-refractivity contribution in [2.45, 2.75) is 51.5 Å². The molecule has 1 aromatic carbocycles. The standard InChI is InChI=1S/C24H31N2O2/c1-25-16-11-13-22(20-25)24(27)28-19-10-6-4-2-3-5-9-17-26-18-15-21-12-7-8-14-23(21)26/h7-8,11-16,18,20H,2-6,9-10,17,19H2,1H3/q+1. The molecule has 0 aliphatic heterocycles. The van der Waals surface area contributed by atoms with Crippen molar-refractivity contribution < 1.29 is 14.1 Å². The Kier molecular flexibility index (Phi) is 7.65. The molecule has 148 valence electrons. The first-order valence-corrected chi connectivity index (χ1v) is 10.4. The van der Waals surface area contributed by atoms with Crippen molar-refractivity contribution in [3.8, 4) is 0 Å². The van der Waals surface area contributed by atoms with Gasteiger partial charge in [-0.3, -0.25) is 0 Å². The fraction of sp³-hybridized carbons (Fsp3) is 0.417. The fourth-order valence-corrected chi connectivity index (χ4v) is 3.56. The van der Waals surface area contributed by atoms with E-state index in [1.54, 1.807) is 12.3 Å². The minimum atomic E-state index is -0.228. The lowest BCUT2D eigenvalue weighted by Crippen LogP contribution is -2.28. The van der Waals surface area contributed by atoms with Crippen LogP contribution in [-0.2, 0) is 18.3 Å². The van der Waals surface area contributed by atoms with Crippen LogP contribution in [-0.4, -0.2) is 17.1 Å². The predicted octanol–water partition coefficient (Wildman–Crippen LogP) is 5.05. The summed E-state index contributed by atoms with van der Waals surface area (Å²) in [6.45, 7) is 1.61. The quantitative estimate of drug-likeness (QED) is 0.265. The van der Waals surface area contributed by atoms with E-state index in [1.165, 1.54) is 43.0 Å². The lowest BCUT2D eigenvalue weighted by Gasteiger charge is -2.06. The van der Waals surface area contributed by atoms with Crippen LogP contribution in [0.25, 0.3) is 10.9 Å². The van der Waals surface area contributed by atoms with Crippen molar-refractivity contribution in [2.75, 3.05) is 6.61 Å². The summed E-state index contributed by atoms with van der Waals surface area (Å²) in [6.07, 6.45) is 14.2. The summed E-state index contributed by atoms with van der Waals surface area (Å²) >= 11 is 0. The number of nitrogens with zero attached hydrogens (tertiary/aromatic N) is 2. The first-order chi connectivity index (χ1) is 13.7. The molecule has 0 amide bonds. The lowest BCUT2D eigenvalue weighted by molar-refractivity contribution is -0.671. The predicted molar refractivity (Wildman–Crippen MR) is 112 cm³/mol. The smallest absolute Gasteiger partial charge is 0.344 e. The molecule has 4 heteroatoms. The average Bonchev–Trinajstić information content (AvgIpc) is 3.12. The molecule has 0 aliphatic rings. The molecule has 2 aromatic heterocycles. The summed E-state index contributed by atoms with van der Waals surface area (Å²) < 4.78 is 9.56. The highest BCUT2D eigenvalue weighted by Gasteiger charge is 2.09. The fourth-order valence-electron chi connectivity index (χ4n) is 3.56. The molecule has 0 spiro atoms. The number of ether oxygens (including phenoxy) is 1. The highest BCUT2D eigenvalue weighted by molar-refractivity contribution is 5.88. The third-order valence-electron chi connectivity index (χ3n) is 5.13. The van der Waals surface area contributed by atoms with Crippen LogP contribution in [0.2, 0.25) is 0 Å². The van der Waals surface area contributed by atoms with Gasteiger partial charge in [-0.05, 0) is 36.4 Å². The van der Waals surface area contributed by atoms with Crippen LogP contribution in [0.4, 0.5) is 0 Å². The Morgan fingerprint density at radius 3 is 2.50 bits per heavy atom. The molecular weight excluding hydrogens is 348 g/mol. The molecule has 0 saturated carbocycles. The van der Waals surface area contributed by atoms with Gasteiger partial charge in [0.15, 0.2) is 12.4 Å². The number of aryl methyl sites for hydroxylation is 2. The number of hydrogen-bond acceptors (Lipinski definition) is 2. The van der Waals surface area contributed by atoms with Crippen molar-refractivity contribution in [2.24, 2.45) is 7.05 Å². The molecule has 0 atom stereocenters. The van der Waals surface area contributed by atoms with Crippen molar-refractivity contribution in [1.29, 1.82) is 0 Å². The van der Waals surface area contributed by atoms with Gasteiger partial charge >= 0.3 is 5.97 Å². The molecular formula is C24H31N2O2+. The van der Waals surface area contributed by atoms with Crippen LogP contribution in [0.15, 0.2) is 61.1 Å². The van der Waals surface area contributed by atoms with E-state index < -0.39 is 0 Å². The highest BCUT2D eigenvalue weighted by Crippen LogP contribution is 2.16. The molecule has 0 bridgehead atoms. The molecule has 0 N–H and O–H groups in total. The van der Waals surface area contributed by atoms with Crippen LogP contribution in [0.5, 0.6) is 0 Å². The number of hydrogen-bond donors (Lipinski definition) is 0. The van der Waals surface area contributed by atoms with E-state index >= 15 is 0 Å². The van der Waals surface area contributed by atoms with Gasteiger partial charge in [0.2, 0.25) is 0 Å². The normalized spacial score (nSPS) is 11.0. The number of carbonyl (C=O) groups excluding carboxylic acids is 1. The number of pyridine rings is 1. The van der Waals surface area contributed by atoms with Gasteiger partial charge in [-0.15, -0.1) is 0 Å². The minimum absolute atomic E-state index is 0.228. The van der Waals surface area contributed by atoms with Crippen molar-refractivity contribution in [3.63, 3.8) is 0 Å². The zero-order valence-corrected chi connectivity index (χ0v) is 16.8. The number of aromatic nitrogens is 2. The summed E-state index contributed by atoms with van der Waals surface area (Å²) in [7, 11) is 1.90. The molecule has 2 heterocycles. The molecule has 4 nitrogen and oxygen atoms in total. The van der Waals surface area contributed by atoms with Gasteiger partial charge < -0.3 is 9.30 Å². The van der Waals surface area contributed by atoms with Gasteiger partial charge in [0, 0.05) is 24.3 Å². The summed E-state index contributed by atoms with van der Waals surface area (Å²) in [6, 6.07) is 14.4. The number of carbonyl (C=O) groups is 1. The average molecular weight is 380 g/mol. The van der Waals surface area contributed by atoms with Crippen LogP contribution < -0.4 is 4.57 Å². The van der Waals surface area contributed by atoms with Crippen molar-refractivity contribution >= 4 is 16.9 Å². The van der Waals surface area contributed by atoms with E-state index in [-0.39, 0.29) is 5.97 Å². The molecule has 0 fully saturated rings. The van der Waals surface area contributed by atoms with Crippen molar-refractivity contribution in [1.82, 2.24) is 4.57 Å². The molecule has 0 radical (unpaired) electrons. The number of benzene rings is 1. The largest absolute Gasteiger partial charge is 0.462 e. The van der Waals surface area contributed by atoms with Crippen LogP contribution in [0.1, 0.15) is 55.3 Å². The second-order valence-electron chi connectivity index (χ2n) is 7.44. The molecule has 0 saturated heterocycles. The van der Waals surface area contributed by atoms with E-state index in [9.17, 15) is 4.79 Å². The Morgan fingerprint density at radius 2 is 1.68 bits per heavy atom. The number of para-hydroxylation sites is 1. The van der Waals surface area contributed by atoms with Gasteiger partial charge in [0.25, 0.3) is 0 Å². The zero-order valence-electron chi connectivity index (χ0n) is 16.8. The van der Waals surface area contributed by atoms with Gasteiger partial charge in [-0.25, -0.2) is 9.36 Å². The van der Waals surface area contributed by atoms with Gasteiger partial charge in [-0.1, -0.05) is 50.3 Å². The minimum Gasteiger partial charge on any atom is -0.462 e. The van der Waals surface area contributed by atoms with E-state index in [1.807, 2.05) is 23.9 Å². The van der Waals surface area contributed by atoms with Gasteiger partial charge in [0.1, 0.15) is 12.6 Å². The first-order valence-electron chi connectivity index (χ1n) is 10.4. The maximum absolute atomic E-state index is 11.9. The summed E-state index contributed by atoms with van der Waals surface area (Å²) in [5.41, 5.74) is 1.95. The zero-order chi connectivity index (χ0) is 19.6. The Balaban J connectivity index is 1.20. The lowest BCUT2D eigenvalue weighted by atomic mass is 10.1. The Bertz CT molecular complexity index is 885. The van der Waals surface area contributed by atoms with E-state index in [0.717, 1.165) is 19.4 Å². The monoisotopic (exact) mass is 379 g/mol. The van der Waals surface area contributed by atoms with Crippen molar-refractivity contribution in [3.05, 3.63) is 66.6 Å². The second-order valence-corrected chi connectivity index (χ2v) is 7.44. The van der Waals surface area contributed by atoms with E-state index in [2.05, 4.69) is 41.1 Å². The number of esters is 1. The Labute approximate surface area is 167 Å². The van der Waals surface area contributed by atoms with Crippen LogP contribution in [0.3, 0.4) is 0 Å². The highest BCUT2D eigenvalue weighted by atomic mass is 16.5. The summed E-state index contributed by atoms with van der Waals surface area (Å²) in [5, 5.41) is 1.32. The third-order valence-corrected chi connectivity index (χ3v) is 5.13. The summed E-state index contributed by atoms with van der Waals surface area (Å²) in [5.74, 6) is -0.228. The number of fused-ring (bicyclic) bond motifs is 1. The number of unbranched alkanes of at least 4 members (excludes halogenated alkanes) is 6. The maximum atomic E-state index is 11.9. The third kappa shape index (κ3) is 5.95. The first kappa shape index (κ1) is 20.1. The molecule has 28 heavy (non-hydrogen) atoms. The van der Waals surface area contributed by atoms with Crippen LogP contribution >= 0.6 is 0 Å². The molecule has 0 aliphatic carbocycles. The second kappa shape index (κ2) is 10.6. The summed E-state index contributed by atoms with van der Waals surface area (Å²) in [4.78, 5) is 11.9. The van der Waals surface area contributed by atoms with Gasteiger partial charge in [-0.2, -0.15) is 0 Å².